The van der Waals surface area contributed by atoms with E-state index in [2.05, 4.69) is 6.92 Å². The lowest BCUT2D eigenvalue weighted by molar-refractivity contribution is -0.222. The van der Waals surface area contributed by atoms with Crippen LogP contribution in [0.2, 0.25) is 0 Å². The highest BCUT2D eigenvalue weighted by molar-refractivity contribution is 4.93. The molecule has 2 fully saturated rings. The van der Waals surface area contributed by atoms with Crippen molar-refractivity contribution in [2.45, 2.75) is 154 Å². The van der Waals surface area contributed by atoms with Gasteiger partial charge in [-0.2, -0.15) is 0 Å². The van der Waals surface area contributed by atoms with Gasteiger partial charge in [0.2, 0.25) is 0 Å². The number of ether oxygens (including phenoxy) is 4. The molecule has 0 aliphatic carbocycles. The highest BCUT2D eigenvalue weighted by atomic mass is 16.8. The first-order valence-corrected chi connectivity index (χ1v) is 13.3. The van der Waals surface area contributed by atoms with Gasteiger partial charge in [0.1, 0.15) is 18.3 Å². The molecule has 0 amide bonds. The van der Waals surface area contributed by atoms with Crippen molar-refractivity contribution >= 4 is 0 Å². The van der Waals surface area contributed by atoms with E-state index in [0.717, 1.165) is 6.42 Å². The second kappa shape index (κ2) is 15.6. The van der Waals surface area contributed by atoms with Crippen LogP contribution in [0.25, 0.3) is 0 Å². The molecule has 0 bridgehead atoms. The fourth-order valence-corrected chi connectivity index (χ4v) is 4.76. The van der Waals surface area contributed by atoms with Gasteiger partial charge in [-0.25, -0.2) is 0 Å². The third-order valence-corrected chi connectivity index (χ3v) is 6.58. The number of fused-ring (bicyclic) bond motifs is 1. The smallest absolute Gasteiger partial charge is 0.190 e. The van der Waals surface area contributed by atoms with Crippen LogP contribution < -0.4 is 0 Å². The first-order valence-electron chi connectivity index (χ1n) is 13.3. The summed E-state index contributed by atoms with van der Waals surface area (Å²) in [4.78, 5) is 0. The number of hydrogen-bond acceptors (Lipinski definition) is 5. The maximum Gasteiger partial charge on any atom is 0.190 e. The van der Waals surface area contributed by atoms with E-state index in [1.54, 1.807) is 0 Å². The standard InChI is InChI=1S/C26H50O5/c1-4-5-6-7-8-9-10-11-12-13-14-15-16-17-18-19-20-28-23-22(21-27)29-25-24(23)30-26(2,3)31-25/h22-25,27H,4-21H2,1-3H3/t22-,23+,24-,25-/m1/s1. The zero-order valence-corrected chi connectivity index (χ0v) is 20.6. The Morgan fingerprint density at radius 3 is 1.68 bits per heavy atom. The summed E-state index contributed by atoms with van der Waals surface area (Å²) < 4.78 is 23.4. The lowest BCUT2D eigenvalue weighted by Gasteiger charge is -2.25. The van der Waals surface area contributed by atoms with Crippen molar-refractivity contribution in [3.05, 3.63) is 0 Å². The molecule has 5 heteroatoms. The van der Waals surface area contributed by atoms with Crippen LogP contribution in [0.4, 0.5) is 0 Å². The van der Waals surface area contributed by atoms with Gasteiger partial charge < -0.3 is 24.1 Å². The van der Waals surface area contributed by atoms with E-state index in [1.165, 1.54) is 96.3 Å². The molecule has 0 aromatic heterocycles. The topological polar surface area (TPSA) is 57.2 Å². The quantitative estimate of drug-likeness (QED) is 0.231. The second-order valence-corrected chi connectivity index (χ2v) is 9.96. The van der Waals surface area contributed by atoms with Gasteiger partial charge >= 0.3 is 0 Å². The van der Waals surface area contributed by atoms with Gasteiger partial charge in [-0.1, -0.05) is 103 Å². The third-order valence-electron chi connectivity index (χ3n) is 6.58. The van der Waals surface area contributed by atoms with Gasteiger partial charge in [0.25, 0.3) is 0 Å². The van der Waals surface area contributed by atoms with Crippen LogP contribution in [-0.4, -0.2) is 48.7 Å². The summed E-state index contributed by atoms with van der Waals surface area (Å²) in [6.07, 6.45) is 20.6. The largest absolute Gasteiger partial charge is 0.394 e. The zero-order chi connectivity index (χ0) is 22.4. The van der Waals surface area contributed by atoms with Crippen LogP contribution in [0, 0.1) is 0 Å². The maximum absolute atomic E-state index is 9.55. The van der Waals surface area contributed by atoms with E-state index < -0.39 is 12.1 Å². The molecule has 2 aliphatic heterocycles. The molecular formula is C26H50O5. The Bertz CT molecular complexity index is 442. The molecule has 0 spiro atoms. The van der Waals surface area contributed by atoms with Gasteiger partial charge in [-0.05, 0) is 20.3 Å². The Labute approximate surface area is 191 Å². The minimum Gasteiger partial charge on any atom is -0.394 e. The normalized spacial score (nSPS) is 27.1. The number of aliphatic hydroxyl groups excluding tert-OH is 1. The lowest BCUT2D eigenvalue weighted by Crippen LogP contribution is -2.38. The highest BCUT2D eigenvalue weighted by Gasteiger charge is 2.55. The van der Waals surface area contributed by atoms with Crippen molar-refractivity contribution in [1.29, 1.82) is 0 Å². The molecule has 2 aliphatic rings. The summed E-state index contributed by atoms with van der Waals surface area (Å²) in [5.74, 6) is -0.647. The summed E-state index contributed by atoms with van der Waals surface area (Å²) >= 11 is 0. The molecule has 2 heterocycles. The Morgan fingerprint density at radius 1 is 0.710 bits per heavy atom. The second-order valence-electron chi connectivity index (χ2n) is 9.96. The third kappa shape index (κ3) is 10.5. The van der Waals surface area contributed by atoms with E-state index in [1.807, 2.05) is 13.8 Å². The van der Waals surface area contributed by atoms with Crippen molar-refractivity contribution in [3.8, 4) is 0 Å². The zero-order valence-electron chi connectivity index (χ0n) is 20.6. The maximum atomic E-state index is 9.55. The van der Waals surface area contributed by atoms with Gasteiger partial charge in [0, 0.05) is 6.61 Å². The molecular weight excluding hydrogens is 392 g/mol. The Kier molecular flexibility index (Phi) is 13.6. The average Bonchev–Trinajstić information content (AvgIpc) is 3.21. The van der Waals surface area contributed by atoms with Crippen molar-refractivity contribution in [2.24, 2.45) is 0 Å². The minimum absolute atomic E-state index is 0.0657. The van der Waals surface area contributed by atoms with Crippen molar-refractivity contribution in [1.82, 2.24) is 0 Å². The van der Waals surface area contributed by atoms with E-state index in [-0.39, 0.29) is 24.9 Å². The molecule has 0 aromatic rings. The molecule has 2 saturated heterocycles. The summed E-state index contributed by atoms with van der Waals surface area (Å²) in [5.41, 5.74) is 0. The fourth-order valence-electron chi connectivity index (χ4n) is 4.76. The predicted molar refractivity (Wildman–Crippen MR) is 125 cm³/mol. The molecule has 4 atom stereocenters. The number of unbranched alkanes of at least 4 members (excludes halogenated alkanes) is 15. The van der Waals surface area contributed by atoms with Gasteiger partial charge in [-0.15, -0.1) is 0 Å². The first-order chi connectivity index (χ1) is 15.1. The molecule has 0 saturated carbocycles. The molecule has 5 nitrogen and oxygen atoms in total. The van der Waals surface area contributed by atoms with Gasteiger partial charge in [0.15, 0.2) is 12.1 Å². The van der Waals surface area contributed by atoms with E-state index in [0.29, 0.717) is 6.61 Å². The Morgan fingerprint density at radius 2 is 1.19 bits per heavy atom. The average molecular weight is 443 g/mol. The first kappa shape index (κ1) is 27.0. The van der Waals surface area contributed by atoms with Crippen LogP contribution in [0.1, 0.15) is 124 Å². The number of rotatable bonds is 19. The highest BCUT2D eigenvalue weighted by Crippen LogP contribution is 2.38. The van der Waals surface area contributed by atoms with Gasteiger partial charge in [0.05, 0.1) is 6.61 Å². The van der Waals surface area contributed by atoms with Crippen LogP contribution in [-0.2, 0) is 18.9 Å². The SMILES string of the molecule is CCCCCCCCCCCCCCCCCCO[C@@H]1[C@H]2OC(C)(C)O[C@H]2O[C@@H]1CO. The predicted octanol–water partition coefficient (Wildman–Crippen LogP) is 6.50. The Hall–Kier alpha value is -0.200. The molecule has 2 rings (SSSR count). The number of hydrogen-bond donors (Lipinski definition) is 1. The molecule has 31 heavy (non-hydrogen) atoms. The molecule has 0 unspecified atom stereocenters. The van der Waals surface area contributed by atoms with Crippen LogP contribution in [0.15, 0.2) is 0 Å². The lowest BCUT2D eigenvalue weighted by atomic mass is 10.0. The summed E-state index contributed by atoms with van der Waals surface area (Å²) in [6, 6.07) is 0. The molecule has 184 valence electrons. The van der Waals surface area contributed by atoms with E-state index >= 15 is 0 Å². The van der Waals surface area contributed by atoms with Crippen molar-refractivity contribution in [3.63, 3.8) is 0 Å². The summed E-state index contributed by atoms with van der Waals surface area (Å²) in [7, 11) is 0. The van der Waals surface area contributed by atoms with Gasteiger partial charge in [-0.3, -0.25) is 0 Å². The summed E-state index contributed by atoms with van der Waals surface area (Å²) in [5, 5.41) is 9.55. The van der Waals surface area contributed by atoms with Crippen LogP contribution in [0.5, 0.6) is 0 Å². The van der Waals surface area contributed by atoms with E-state index in [4.69, 9.17) is 18.9 Å². The van der Waals surface area contributed by atoms with Crippen molar-refractivity contribution in [2.75, 3.05) is 13.2 Å². The fraction of sp³-hybridized carbons (Fsp3) is 1.00. The minimum atomic E-state index is -0.647. The van der Waals surface area contributed by atoms with E-state index in [9.17, 15) is 5.11 Å². The summed E-state index contributed by atoms with van der Waals surface area (Å²) in [6.45, 7) is 6.68. The van der Waals surface area contributed by atoms with Crippen LogP contribution in [0.3, 0.4) is 0 Å². The number of aliphatic hydroxyl groups is 1. The monoisotopic (exact) mass is 442 g/mol. The molecule has 0 radical (unpaired) electrons. The van der Waals surface area contributed by atoms with Crippen molar-refractivity contribution < 1.29 is 24.1 Å². The molecule has 0 aromatic carbocycles. The van der Waals surface area contributed by atoms with Crippen LogP contribution >= 0.6 is 0 Å². The molecule has 1 N–H and O–H groups in total. The Balaban J connectivity index is 1.36.